The first-order chi connectivity index (χ1) is 5.74. The molecule has 0 bridgehead atoms. The number of hydrogen-bond acceptors (Lipinski definition) is 3. The molecule has 64 valence electrons. The second-order valence-corrected chi connectivity index (χ2v) is 2.99. The van der Waals surface area contributed by atoms with Crippen LogP contribution in [0.3, 0.4) is 0 Å². The molecule has 0 aliphatic carbocycles. The molecule has 0 fully saturated rings. The molecule has 0 aliphatic heterocycles. The van der Waals surface area contributed by atoms with E-state index in [1.165, 1.54) is 0 Å². The minimum atomic E-state index is 0.442. The average molecular weight is 229 g/mol. The number of ether oxygens (including phenoxy) is 1. The van der Waals surface area contributed by atoms with E-state index in [1.807, 2.05) is 0 Å². The molecular formula is C8H9BrN2O. The smallest absolute Gasteiger partial charge is 0.139 e. The van der Waals surface area contributed by atoms with E-state index in [0.717, 1.165) is 4.47 Å². The van der Waals surface area contributed by atoms with Gasteiger partial charge in [-0.15, -0.1) is 0 Å². The van der Waals surface area contributed by atoms with E-state index in [-0.39, 0.29) is 0 Å². The van der Waals surface area contributed by atoms with Crippen molar-refractivity contribution in [2.24, 2.45) is 0 Å². The topological polar surface area (TPSA) is 48.1 Å². The molecule has 2 N–H and O–H groups in total. The second kappa shape index (κ2) is 4.11. The van der Waals surface area contributed by atoms with Crippen LogP contribution in [0.1, 0.15) is 0 Å². The molecule has 3 nitrogen and oxygen atoms in total. The molecule has 0 amide bonds. The second-order valence-electron chi connectivity index (χ2n) is 2.14. The van der Waals surface area contributed by atoms with Crippen molar-refractivity contribution < 1.29 is 4.74 Å². The highest BCUT2D eigenvalue weighted by atomic mass is 79.9. The van der Waals surface area contributed by atoms with Crippen molar-refractivity contribution in [1.82, 2.24) is 4.98 Å². The Morgan fingerprint density at radius 3 is 3.17 bits per heavy atom. The van der Waals surface area contributed by atoms with Gasteiger partial charge in [-0.1, -0.05) is 12.7 Å². The van der Waals surface area contributed by atoms with Gasteiger partial charge in [0.1, 0.15) is 18.2 Å². The van der Waals surface area contributed by atoms with Gasteiger partial charge in [-0.05, 0) is 15.9 Å². The molecule has 1 aromatic rings. The molecule has 1 aromatic heterocycles. The SMILES string of the molecule is C=CCOc1cc(N)ncc1Br. The van der Waals surface area contributed by atoms with E-state index in [1.54, 1.807) is 18.3 Å². The molecule has 0 radical (unpaired) electrons. The van der Waals surface area contributed by atoms with Gasteiger partial charge in [-0.25, -0.2) is 4.98 Å². The number of nitrogens with zero attached hydrogens (tertiary/aromatic N) is 1. The summed E-state index contributed by atoms with van der Waals surface area (Å²) < 4.78 is 6.07. The molecule has 0 saturated carbocycles. The minimum Gasteiger partial charge on any atom is -0.488 e. The Morgan fingerprint density at radius 2 is 2.50 bits per heavy atom. The molecule has 0 spiro atoms. The van der Waals surface area contributed by atoms with Crippen LogP contribution < -0.4 is 10.5 Å². The fourth-order valence-electron chi connectivity index (χ4n) is 0.695. The molecular weight excluding hydrogens is 220 g/mol. The zero-order chi connectivity index (χ0) is 8.97. The van der Waals surface area contributed by atoms with E-state index >= 15 is 0 Å². The molecule has 4 heteroatoms. The van der Waals surface area contributed by atoms with Crippen LogP contribution in [-0.2, 0) is 0 Å². The van der Waals surface area contributed by atoms with E-state index in [2.05, 4.69) is 27.5 Å². The average Bonchev–Trinajstić information content (AvgIpc) is 2.07. The summed E-state index contributed by atoms with van der Waals surface area (Å²) in [7, 11) is 0. The van der Waals surface area contributed by atoms with E-state index in [0.29, 0.717) is 18.2 Å². The van der Waals surface area contributed by atoms with Crippen molar-refractivity contribution in [3.8, 4) is 5.75 Å². The van der Waals surface area contributed by atoms with Crippen molar-refractivity contribution in [2.75, 3.05) is 12.3 Å². The summed E-state index contributed by atoms with van der Waals surface area (Å²) >= 11 is 3.28. The Bertz CT molecular complexity index is 288. The largest absolute Gasteiger partial charge is 0.488 e. The van der Waals surface area contributed by atoms with Gasteiger partial charge in [0.2, 0.25) is 0 Å². The van der Waals surface area contributed by atoms with Crippen molar-refractivity contribution in [1.29, 1.82) is 0 Å². The number of halogens is 1. The van der Waals surface area contributed by atoms with Gasteiger partial charge in [0, 0.05) is 12.3 Å². The van der Waals surface area contributed by atoms with E-state index in [4.69, 9.17) is 10.5 Å². The number of rotatable bonds is 3. The lowest BCUT2D eigenvalue weighted by Gasteiger charge is -2.05. The summed E-state index contributed by atoms with van der Waals surface area (Å²) in [5.74, 6) is 1.12. The summed E-state index contributed by atoms with van der Waals surface area (Å²) in [6, 6.07) is 1.66. The van der Waals surface area contributed by atoms with Gasteiger partial charge in [-0.2, -0.15) is 0 Å². The first-order valence-electron chi connectivity index (χ1n) is 3.38. The molecule has 0 saturated heterocycles. The summed E-state index contributed by atoms with van der Waals surface area (Å²) in [6.45, 7) is 4.00. The molecule has 0 unspecified atom stereocenters. The number of anilines is 1. The Labute approximate surface area is 79.4 Å². The van der Waals surface area contributed by atoms with Gasteiger partial charge < -0.3 is 10.5 Å². The van der Waals surface area contributed by atoms with Crippen LogP contribution in [-0.4, -0.2) is 11.6 Å². The van der Waals surface area contributed by atoms with E-state index < -0.39 is 0 Å². The van der Waals surface area contributed by atoms with Crippen molar-refractivity contribution in [2.45, 2.75) is 0 Å². The Balaban J connectivity index is 2.82. The van der Waals surface area contributed by atoms with Gasteiger partial charge >= 0.3 is 0 Å². The number of nitrogen functional groups attached to an aromatic ring is 1. The predicted molar refractivity (Wildman–Crippen MR) is 52.0 cm³/mol. The molecule has 12 heavy (non-hydrogen) atoms. The summed E-state index contributed by atoms with van der Waals surface area (Å²) in [6.07, 6.45) is 3.27. The Hall–Kier alpha value is -1.03. The van der Waals surface area contributed by atoms with E-state index in [9.17, 15) is 0 Å². The predicted octanol–water partition coefficient (Wildman–Crippen LogP) is 1.99. The zero-order valence-corrected chi connectivity index (χ0v) is 8.04. The third kappa shape index (κ3) is 2.23. The monoisotopic (exact) mass is 228 g/mol. The van der Waals surface area contributed by atoms with Crippen LogP contribution in [0.25, 0.3) is 0 Å². The first kappa shape index (κ1) is 9.06. The number of pyridine rings is 1. The molecule has 0 atom stereocenters. The minimum absolute atomic E-state index is 0.442. The number of nitrogens with two attached hydrogens (primary N) is 1. The van der Waals surface area contributed by atoms with Crippen molar-refractivity contribution in [3.05, 3.63) is 29.4 Å². The maximum Gasteiger partial charge on any atom is 0.139 e. The lowest BCUT2D eigenvalue weighted by molar-refractivity contribution is 0.361. The van der Waals surface area contributed by atoms with Gasteiger partial charge in [0.25, 0.3) is 0 Å². The first-order valence-corrected chi connectivity index (χ1v) is 4.18. The highest BCUT2D eigenvalue weighted by molar-refractivity contribution is 9.10. The Morgan fingerprint density at radius 1 is 1.75 bits per heavy atom. The molecule has 1 rings (SSSR count). The van der Waals surface area contributed by atoms with Crippen LogP contribution in [0.5, 0.6) is 5.75 Å². The third-order valence-corrected chi connectivity index (χ3v) is 1.79. The molecule has 1 heterocycles. The van der Waals surface area contributed by atoms with Crippen LogP contribution in [0.15, 0.2) is 29.4 Å². The van der Waals surface area contributed by atoms with Crippen LogP contribution in [0.2, 0.25) is 0 Å². The normalized spacial score (nSPS) is 9.42. The lowest BCUT2D eigenvalue weighted by atomic mass is 10.4. The summed E-state index contributed by atoms with van der Waals surface area (Å²) in [5, 5.41) is 0. The van der Waals surface area contributed by atoms with Gasteiger partial charge in [-0.3, -0.25) is 0 Å². The third-order valence-electron chi connectivity index (χ3n) is 1.20. The molecule has 0 aromatic carbocycles. The highest BCUT2D eigenvalue weighted by Gasteiger charge is 2.00. The summed E-state index contributed by atoms with van der Waals surface area (Å²) in [4.78, 5) is 3.87. The van der Waals surface area contributed by atoms with Crippen molar-refractivity contribution >= 4 is 21.7 Å². The standard InChI is InChI=1S/C8H9BrN2O/c1-2-3-12-7-4-8(10)11-5-6(7)9/h2,4-5H,1,3H2,(H2,10,11). The fourth-order valence-corrected chi connectivity index (χ4v) is 1.03. The number of hydrogen-bond donors (Lipinski definition) is 1. The lowest BCUT2D eigenvalue weighted by Crippen LogP contribution is -1.96. The highest BCUT2D eigenvalue weighted by Crippen LogP contribution is 2.24. The van der Waals surface area contributed by atoms with Crippen molar-refractivity contribution in [3.63, 3.8) is 0 Å². The van der Waals surface area contributed by atoms with Crippen LogP contribution in [0, 0.1) is 0 Å². The summed E-state index contributed by atoms with van der Waals surface area (Å²) in [5.41, 5.74) is 5.46. The van der Waals surface area contributed by atoms with Gasteiger partial charge in [0.15, 0.2) is 0 Å². The van der Waals surface area contributed by atoms with Crippen LogP contribution >= 0.6 is 15.9 Å². The quantitative estimate of drug-likeness (QED) is 0.806. The zero-order valence-electron chi connectivity index (χ0n) is 6.46. The van der Waals surface area contributed by atoms with Gasteiger partial charge in [0.05, 0.1) is 4.47 Å². The van der Waals surface area contributed by atoms with Crippen LogP contribution in [0.4, 0.5) is 5.82 Å². The number of aromatic nitrogens is 1. The molecule has 0 aliphatic rings. The maximum atomic E-state index is 5.46. The Kier molecular flexibility index (Phi) is 3.10. The maximum absolute atomic E-state index is 5.46. The fraction of sp³-hybridized carbons (Fsp3) is 0.125.